The Labute approximate surface area is 266 Å². The van der Waals surface area contributed by atoms with Crippen LogP contribution in [0, 0.1) is 10.6 Å². The van der Waals surface area contributed by atoms with Crippen LogP contribution in [0.4, 0.5) is 22.1 Å². The highest BCUT2D eigenvalue weighted by molar-refractivity contribution is 14.1. The van der Waals surface area contributed by atoms with Crippen molar-refractivity contribution in [2.45, 2.75) is 30.2 Å². The number of piperidine rings is 1. The van der Waals surface area contributed by atoms with E-state index in [1.54, 1.807) is 53.4 Å². The van der Waals surface area contributed by atoms with Crippen LogP contribution in [0.25, 0.3) is 10.9 Å². The average molecular weight is 729 g/mol. The normalized spacial score (nSPS) is 17.0. The zero-order chi connectivity index (χ0) is 31.2. The Morgan fingerprint density at radius 2 is 1.77 bits per heavy atom. The lowest BCUT2D eigenvalue weighted by Gasteiger charge is -2.38. The smallest absolute Gasteiger partial charge is 0.321 e. The second kappa shape index (κ2) is 11.2. The summed E-state index contributed by atoms with van der Waals surface area (Å²) in [5, 5.41) is 10.0. The van der Waals surface area contributed by atoms with Gasteiger partial charge in [0, 0.05) is 36.9 Å². The van der Waals surface area contributed by atoms with Gasteiger partial charge in [-0.2, -0.15) is 4.99 Å². The Morgan fingerprint density at radius 3 is 2.50 bits per heavy atom. The van der Waals surface area contributed by atoms with E-state index in [0.29, 0.717) is 58.7 Å². The fraction of sp³-hybridized carbons (Fsp3) is 0.250. The quantitative estimate of drug-likeness (QED) is 0.194. The zero-order valence-electron chi connectivity index (χ0n) is 23.5. The van der Waals surface area contributed by atoms with Crippen molar-refractivity contribution >= 4 is 78.7 Å². The number of benzene rings is 2. The molecule has 0 bridgehead atoms. The van der Waals surface area contributed by atoms with Gasteiger partial charge in [-0.3, -0.25) is 4.79 Å². The van der Waals surface area contributed by atoms with Crippen molar-refractivity contribution in [1.82, 2.24) is 29.5 Å². The van der Waals surface area contributed by atoms with Gasteiger partial charge in [-0.1, -0.05) is 17.7 Å². The van der Waals surface area contributed by atoms with Crippen molar-refractivity contribution in [3.05, 3.63) is 69.7 Å². The second-order valence-corrected chi connectivity index (χ2v) is 13.6. The topological polar surface area (TPSA) is 203 Å². The number of aromatic nitrogens is 3. The molecule has 4 aromatic rings. The summed E-state index contributed by atoms with van der Waals surface area (Å²) in [6.07, 6.45) is 2.77. The number of rotatable bonds is 4. The van der Waals surface area contributed by atoms with E-state index in [0.717, 1.165) is 5.56 Å². The summed E-state index contributed by atoms with van der Waals surface area (Å²) in [6.45, 7) is 3.39. The van der Waals surface area contributed by atoms with Gasteiger partial charge in [0.25, 0.3) is 10.0 Å². The molecule has 2 aromatic carbocycles. The number of carbonyl (C=O) groups excluding carboxylic acids is 2. The van der Waals surface area contributed by atoms with Crippen molar-refractivity contribution in [3.63, 3.8) is 0 Å². The van der Waals surface area contributed by atoms with Gasteiger partial charge in [0.15, 0.2) is 23.3 Å². The minimum atomic E-state index is -3.77. The number of anilines is 3. The van der Waals surface area contributed by atoms with Gasteiger partial charge >= 0.3 is 11.9 Å². The van der Waals surface area contributed by atoms with Crippen LogP contribution in [-0.2, 0) is 10.0 Å². The lowest BCUT2D eigenvalue weighted by molar-refractivity contribution is 0.0998. The first kappa shape index (κ1) is 29.6. The fourth-order valence-corrected chi connectivity index (χ4v) is 7.00. The zero-order valence-corrected chi connectivity index (χ0v) is 26.5. The van der Waals surface area contributed by atoms with Crippen molar-refractivity contribution in [1.29, 1.82) is 0 Å². The van der Waals surface area contributed by atoms with Gasteiger partial charge < -0.3 is 32.3 Å². The molecule has 2 aliphatic heterocycles. The predicted octanol–water partition coefficient (Wildman–Crippen LogP) is 2.50. The predicted molar refractivity (Wildman–Crippen MR) is 175 cm³/mol. The third-order valence-corrected chi connectivity index (χ3v) is 10.3. The number of likely N-dealkylation sites (tertiary alicyclic amines) is 1. The lowest BCUT2D eigenvalue weighted by Crippen LogP contribution is -2.54. The van der Waals surface area contributed by atoms with Gasteiger partial charge in [0.2, 0.25) is 0 Å². The van der Waals surface area contributed by atoms with Crippen molar-refractivity contribution < 1.29 is 18.0 Å². The fourth-order valence-electron chi connectivity index (χ4n) is 5.28. The molecule has 2 saturated heterocycles. The summed E-state index contributed by atoms with van der Waals surface area (Å²) in [5.41, 5.74) is 13.1. The molecule has 14 nitrogen and oxygen atoms in total. The van der Waals surface area contributed by atoms with Gasteiger partial charge in [-0.25, -0.2) is 27.2 Å². The number of hydrogen-bond acceptors (Lipinski definition) is 8. The Kier molecular flexibility index (Phi) is 7.56. The number of aryl methyl sites for hydroxylation is 1. The summed E-state index contributed by atoms with van der Waals surface area (Å²) in [7, 11) is -3.77. The molecule has 16 heteroatoms. The number of carbonyl (C=O) groups is 2. The molecule has 44 heavy (non-hydrogen) atoms. The number of nitrogens with two attached hydrogens (primary N) is 2. The van der Waals surface area contributed by atoms with Crippen LogP contribution in [0.2, 0.25) is 0 Å². The lowest BCUT2D eigenvalue weighted by atomic mass is 9.89. The minimum Gasteiger partial charge on any atom is -0.382 e. The van der Waals surface area contributed by atoms with Gasteiger partial charge in [0.1, 0.15) is 3.70 Å². The number of nitrogen functional groups attached to an aromatic ring is 2. The molecule has 228 valence electrons. The number of hydrogen-bond donors (Lipinski definition) is 5. The van der Waals surface area contributed by atoms with E-state index < -0.39 is 15.9 Å². The van der Waals surface area contributed by atoms with Crippen molar-refractivity contribution in [2.75, 3.05) is 36.4 Å². The summed E-state index contributed by atoms with van der Waals surface area (Å²) >= 11 is 1.87. The van der Waals surface area contributed by atoms with Gasteiger partial charge in [-0.15, -0.1) is 0 Å². The first-order valence-electron chi connectivity index (χ1n) is 13.7. The molecule has 3 amide bonds. The molecule has 1 spiro atoms. The number of nitrogens with zero attached hydrogens (tertiary/aromatic N) is 5. The summed E-state index contributed by atoms with van der Waals surface area (Å²) in [5.74, 6) is -0.279. The molecule has 0 saturated carbocycles. The Balaban J connectivity index is 1.08. The van der Waals surface area contributed by atoms with Crippen LogP contribution in [0.1, 0.15) is 28.9 Å². The van der Waals surface area contributed by atoms with Crippen LogP contribution in [0.15, 0.2) is 64.6 Å². The van der Waals surface area contributed by atoms with E-state index in [9.17, 15) is 18.0 Å². The highest BCUT2D eigenvalue weighted by Crippen LogP contribution is 2.28. The molecule has 4 heterocycles. The van der Waals surface area contributed by atoms with E-state index in [4.69, 9.17) is 11.5 Å². The van der Waals surface area contributed by atoms with E-state index >= 15 is 0 Å². The van der Waals surface area contributed by atoms with Crippen LogP contribution in [0.5, 0.6) is 0 Å². The van der Waals surface area contributed by atoms with Crippen molar-refractivity contribution in [3.8, 4) is 0 Å². The molecular weight excluding hydrogens is 699 g/mol. The van der Waals surface area contributed by atoms with Gasteiger partial charge in [-0.05, 0) is 78.8 Å². The van der Waals surface area contributed by atoms with Crippen LogP contribution >= 0.6 is 22.6 Å². The number of urea groups is 1. The molecule has 0 aliphatic carbocycles. The second-order valence-electron chi connectivity index (χ2n) is 10.8. The molecule has 2 aliphatic rings. The van der Waals surface area contributed by atoms with Crippen molar-refractivity contribution in [2.24, 2.45) is 4.99 Å². The monoisotopic (exact) mass is 728 g/mol. The largest absolute Gasteiger partial charge is 0.382 e. The number of halogens is 1. The Hall–Kier alpha value is -4.45. The number of nitrogens with one attached hydrogen (secondary N) is 3. The third kappa shape index (κ3) is 5.61. The number of amides is 3. The third-order valence-electron chi connectivity index (χ3n) is 7.79. The van der Waals surface area contributed by atoms with E-state index in [-0.39, 0.29) is 33.8 Å². The highest BCUT2D eigenvalue weighted by atomic mass is 127. The number of guanidine groups is 1. The molecule has 0 radical (unpaired) electrons. The van der Waals surface area contributed by atoms with Crippen LogP contribution in [0.3, 0.4) is 0 Å². The minimum absolute atomic E-state index is 0.0743. The maximum absolute atomic E-state index is 13.2. The maximum atomic E-state index is 13.2. The Bertz CT molecular complexity index is 1930. The highest BCUT2D eigenvalue weighted by Gasteiger charge is 2.41. The Morgan fingerprint density at radius 1 is 1.05 bits per heavy atom. The van der Waals surface area contributed by atoms with Crippen LogP contribution < -0.4 is 27.4 Å². The maximum Gasteiger partial charge on any atom is 0.321 e. The van der Waals surface area contributed by atoms with E-state index in [2.05, 4.69) is 30.9 Å². The summed E-state index contributed by atoms with van der Waals surface area (Å²) < 4.78 is 28.0. The molecule has 2 aromatic heterocycles. The first-order valence-corrected chi connectivity index (χ1v) is 16.2. The molecule has 6 rings (SSSR count). The number of fused-ring (bicyclic) bond motifs is 1. The van der Waals surface area contributed by atoms with Crippen LogP contribution in [-0.4, -0.2) is 70.3 Å². The van der Waals surface area contributed by atoms with E-state index in [1.165, 1.54) is 10.2 Å². The molecule has 0 unspecified atom stereocenters. The average Bonchev–Trinajstić information content (AvgIpc) is 3.59. The molecule has 2 fully saturated rings. The summed E-state index contributed by atoms with van der Waals surface area (Å²) in [4.78, 5) is 39.9. The SMILES string of the molecule is Cc1ccc(S(=O)(=O)n2ccc3cc(NC(=O)N4CCC5(CC4)CN/C(=N\C(=O)c4nc(I)c(N)nc4N)N5)ccc32)cc1. The molecule has 7 N–H and O–H groups in total. The van der Waals surface area contributed by atoms with Gasteiger partial charge in [0.05, 0.1) is 16.0 Å². The standard InChI is InChI=1S/C28H29IN10O4S/c1-16-2-5-19(6-3-16)44(42,43)39-11-8-17-14-18(4-7-20(17)39)33-27(41)38-12-9-28(10-13-38)15-32-26(37-28)36-25(40)21-23(30)35-24(31)22(29)34-21/h2-8,11,14H,9-10,12-13,15H2,1H3,(H,33,41)(H4,30,31,35)(H2,32,36,37,40). The first-order chi connectivity index (χ1) is 20.9. The number of aliphatic imine (C=N–C) groups is 1. The molecule has 0 atom stereocenters. The summed E-state index contributed by atoms with van der Waals surface area (Å²) in [6, 6.07) is 13.3. The molecular formula is C28H29IN10O4S. The van der Waals surface area contributed by atoms with E-state index in [1.807, 2.05) is 29.5 Å².